The van der Waals surface area contributed by atoms with Crippen molar-refractivity contribution in [1.29, 1.82) is 0 Å². The molecule has 0 bridgehead atoms. The molecule has 2 aromatic rings. The Morgan fingerprint density at radius 2 is 1.85 bits per heavy atom. The van der Waals surface area contributed by atoms with Crippen LogP contribution in [0.1, 0.15) is 37.4 Å². The molecule has 1 aromatic carbocycles. The Hall–Kier alpha value is -1.59. The molecule has 6 heteroatoms. The van der Waals surface area contributed by atoms with Crippen LogP contribution in [0.15, 0.2) is 28.7 Å². The van der Waals surface area contributed by atoms with Gasteiger partial charge in [0.25, 0.3) is 0 Å². The largest absolute Gasteiger partial charge is 0.406 e. The lowest BCUT2D eigenvalue weighted by Crippen LogP contribution is -2.21. The number of benzene rings is 1. The second-order valence-corrected chi connectivity index (χ2v) is 5.21. The van der Waals surface area contributed by atoms with Crippen molar-refractivity contribution in [3.8, 4) is 0 Å². The van der Waals surface area contributed by atoms with Crippen LogP contribution >= 0.6 is 11.6 Å². The highest BCUT2D eigenvalue weighted by Gasteiger charge is 2.19. The Bertz CT molecular complexity index is 555. The maximum absolute atomic E-state index is 5.91. The molecule has 2 rings (SSSR count). The summed E-state index contributed by atoms with van der Waals surface area (Å²) in [5, 5.41) is 11.9. The minimum absolute atomic E-state index is 0.0375. The van der Waals surface area contributed by atoms with Gasteiger partial charge in [-0.05, 0) is 38.6 Å². The van der Waals surface area contributed by atoms with Crippen LogP contribution in [0.3, 0.4) is 0 Å². The number of hydrogen-bond acceptors (Lipinski definition) is 5. The van der Waals surface area contributed by atoms with E-state index in [1.807, 2.05) is 50.2 Å². The number of rotatable bonds is 5. The molecule has 1 aromatic heterocycles. The topological polar surface area (TPSA) is 54.2 Å². The van der Waals surface area contributed by atoms with E-state index in [1.165, 1.54) is 0 Å². The fourth-order valence-corrected chi connectivity index (χ4v) is 1.92. The highest BCUT2D eigenvalue weighted by atomic mass is 35.5. The van der Waals surface area contributed by atoms with E-state index in [1.54, 1.807) is 0 Å². The van der Waals surface area contributed by atoms with Gasteiger partial charge in [-0.25, -0.2) is 0 Å². The summed E-state index contributed by atoms with van der Waals surface area (Å²) in [5.41, 5.74) is 1.14. The quantitative estimate of drug-likeness (QED) is 0.918. The summed E-state index contributed by atoms with van der Waals surface area (Å²) in [6, 6.07) is 8.41. The lowest BCUT2D eigenvalue weighted by atomic mass is 10.1. The minimum atomic E-state index is 0.0375. The Labute approximate surface area is 123 Å². The molecule has 0 amide bonds. The summed E-state index contributed by atoms with van der Waals surface area (Å²) < 4.78 is 5.68. The summed E-state index contributed by atoms with van der Waals surface area (Å²) in [5.74, 6) is 0.581. The third kappa shape index (κ3) is 3.11. The average molecular weight is 295 g/mol. The van der Waals surface area contributed by atoms with E-state index in [4.69, 9.17) is 16.0 Å². The molecule has 2 unspecified atom stereocenters. The molecule has 0 saturated carbocycles. The van der Waals surface area contributed by atoms with Crippen molar-refractivity contribution in [3.05, 3.63) is 40.7 Å². The highest BCUT2D eigenvalue weighted by Crippen LogP contribution is 2.26. The Morgan fingerprint density at radius 3 is 2.45 bits per heavy atom. The van der Waals surface area contributed by atoms with Gasteiger partial charge in [0.05, 0.1) is 12.1 Å². The zero-order valence-corrected chi connectivity index (χ0v) is 12.8. The van der Waals surface area contributed by atoms with E-state index in [-0.39, 0.29) is 12.1 Å². The molecule has 2 atom stereocenters. The van der Waals surface area contributed by atoms with Gasteiger partial charge >= 0.3 is 6.01 Å². The van der Waals surface area contributed by atoms with Crippen molar-refractivity contribution in [2.45, 2.75) is 25.9 Å². The molecule has 20 heavy (non-hydrogen) atoms. The second kappa shape index (κ2) is 6.24. The van der Waals surface area contributed by atoms with Crippen LogP contribution in [0.4, 0.5) is 6.01 Å². The van der Waals surface area contributed by atoms with E-state index in [2.05, 4.69) is 22.4 Å². The zero-order valence-electron chi connectivity index (χ0n) is 12.1. The maximum atomic E-state index is 5.91. The van der Waals surface area contributed by atoms with Crippen molar-refractivity contribution in [2.24, 2.45) is 0 Å². The number of halogens is 1. The second-order valence-electron chi connectivity index (χ2n) is 4.77. The Morgan fingerprint density at radius 1 is 1.20 bits per heavy atom. The summed E-state index contributed by atoms with van der Waals surface area (Å²) in [7, 11) is 3.79. The maximum Gasteiger partial charge on any atom is 0.318 e. The molecule has 1 N–H and O–H groups in total. The molecule has 0 fully saturated rings. The van der Waals surface area contributed by atoms with Gasteiger partial charge in [0.2, 0.25) is 5.89 Å². The SMILES string of the molecule is CNC(C)c1nnc(N(C)C(C)c2ccc(Cl)cc2)o1. The highest BCUT2D eigenvalue weighted by molar-refractivity contribution is 6.30. The fraction of sp³-hybridized carbons (Fsp3) is 0.429. The Balaban J connectivity index is 2.15. The molecule has 0 spiro atoms. The lowest BCUT2D eigenvalue weighted by molar-refractivity contribution is 0.427. The zero-order chi connectivity index (χ0) is 14.7. The van der Waals surface area contributed by atoms with Crippen molar-refractivity contribution in [2.75, 3.05) is 19.0 Å². The molecule has 1 heterocycles. The van der Waals surface area contributed by atoms with Gasteiger partial charge in [-0.3, -0.25) is 0 Å². The van der Waals surface area contributed by atoms with Crippen molar-refractivity contribution in [3.63, 3.8) is 0 Å². The lowest BCUT2D eigenvalue weighted by Gasteiger charge is -2.23. The third-order valence-electron chi connectivity index (χ3n) is 3.47. The van der Waals surface area contributed by atoms with Crippen LogP contribution in [-0.2, 0) is 0 Å². The standard InChI is InChI=1S/C14H19ClN4O/c1-9(16-3)13-17-18-14(20-13)19(4)10(2)11-5-7-12(15)8-6-11/h5-10,16H,1-4H3. The van der Waals surface area contributed by atoms with Crippen LogP contribution in [0.5, 0.6) is 0 Å². The van der Waals surface area contributed by atoms with Crippen LogP contribution in [0, 0.1) is 0 Å². The van der Waals surface area contributed by atoms with Gasteiger partial charge in [-0.1, -0.05) is 28.8 Å². The molecule has 0 aliphatic rings. The number of hydrogen-bond donors (Lipinski definition) is 1. The first-order valence-electron chi connectivity index (χ1n) is 6.52. The van der Waals surface area contributed by atoms with E-state index in [0.717, 1.165) is 10.6 Å². The number of anilines is 1. The molecular formula is C14H19ClN4O. The van der Waals surface area contributed by atoms with Gasteiger partial charge in [0, 0.05) is 12.1 Å². The average Bonchev–Trinajstić information content (AvgIpc) is 2.95. The minimum Gasteiger partial charge on any atom is -0.406 e. The first-order chi connectivity index (χ1) is 9.52. The van der Waals surface area contributed by atoms with Crippen molar-refractivity contribution < 1.29 is 4.42 Å². The van der Waals surface area contributed by atoms with Gasteiger partial charge < -0.3 is 14.6 Å². The molecule has 108 valence electrons. The molecule has 0 aliphatic heterocycles. The van der Waals surface area contributed by atoms with E-state index >= 15 is 0 Å². The van der Waals surface area contributed by atoms with Crippen molar-refractivity contribution in [1.82, 2.24) is 15.5 Å². The summed E-state index contributed by atoms with van der Waals surface area (Å²) >= 11 is 5.91. The molecule has 0 radical (unpaired) electrons. The smallest absolute Gasteiger partial charge is 0.318 e. The van der Waals surface area contributed by atoms with E-state index in [0.29, 0.717) is 11.9 Å². The number of nitrogens with zero attached hydrogens (tertiary/aromatic N) is 3. The third-order valence-corrected chi connectivity index (χ3v) is 3.72. The molecule has 0 aliphatic carbocycles. The van der Waals surface area contributed by atoms with Crippen LogP contribution in [0.2, 0.25) is 5.02 Å². The predicted molar refractivity (Wildman–Crippen MR) is 80.0 cm³/mol. The van der Waals surface area contributed by atoms with Crippen LogP contribution in [0.25, 0.3) is 0 Å². The fourth-order valence-electron chi connectivity index (χ4n) is 1.80. The van der Waals surface area contributed by atoms with Gasteiger partial charge in [-0.15, -0.1) is 5.10 Å². The molecular weight excluding hydrogens is 276 g/mol. The number of nitrogens with one attached hydrogen (secondary N) is 1. The van der Waals surface area contributed by atoms with Gasteiger partial charge in [0.15, 0.2) is 0 Å². The first-order valence-corrected chi connectivity index (χ1v) is 6.89. The van der Waals surface area contributed by atoms with E-state index in [9.17, 15) is 0 Å². The van der Waals surface area contributed by atoms with Crippen LogP contribution in [-0.4, -0.2) is 24.3 Å². The summed E-state index contributed by atoms with van der Waals surface area (Å²) in [4.78, 5) is 1.95. The summed E-state index contributed by atoms with van der Waals surface area (Å²) in [6.45, 7) is 4.05. The molecule has 0 saturated heterocycles. The van der Waals surface area contributed by atoms with Gasteiger partial charge in [0.1, 0.15) is 0 Å². The first kappa shape index (κ1) is 14.8. The van der Waals surface area contributed by atoms with Gasteiger partial charge in [-0.2, -0.15) is 0 Å². The monoisotopic (exact) mass is 294 g/mol. The molecule has 5 nitrogen and oxygen atoms in total. The normalized spacial score (nSPS) is 14.1. The van der Waals surface area contributed by atoms with Crippen LogP contribution < -0.4 is 10.2 Å². The summed E-state index contributed by atoms with van der Waals surface area (Å²) in [6.07, 6.45) is 0. The Kier molecular flexibility index (Phi) is 4.62. The number of aromatic nitrogens is 2. The predicted octanol–water partition coefficient (Wildman–Crippen LogP) is 3.20. The van der Waals surface area contributed by atoms with E-state index < -0.39 is 0 Å². The van der Waals surface area contributed by atoms with Crippen molar-refractivity contribution >= 4 is 17.6 Å².